The highest BCUT2D eigenvalue weighted by atomic mass is 35.5. The van der Waals surface area contributed by atoms with Gasteiger partial charge in [-0.25, -0.2) is 4.98 Å². The molecule has 0 fully saturated rings. The van der Waals surface area contributed by atoms with Crippen LogP contribution in [0.2, 0.25) is 5.02 Å². The summed E-state index contributed by atoms with van der Waals surface area (Å²) in [7, 11) is 1.56. The highest BCUT2D eigenvalue weighted by molar-refractivity contribution is 7.22. The Hall–Kier alpha value is -3.16. The van der Waals surface area contributed by atoms with Crippen LogP contribution >= 0.6 is 22.9 Å². The molecule has 0 saturated heterocycles. The molecule has 158 valence electrons. The predicted molar refractivity (Wildman–Crippen MR) is 123 cm³/mol. The number of anilines is 1. The fraction of sp³-hybridized carbons (Fsp3) is 0.174. The molecule has 2 aromatic heterocycles. The van der Waals surface area contributed by atoms with Crippen molar-refractivity contribution >= 4 is 44.2 Å². The van der Waals surface area contributed by atoms with Crippen LogP contribution in [0.1, 0.15) is 11.3 Å². The fourth-order valence-corrected chi connectivity index (χ4v) is 4.57. The maximum atomic E-state index is 13.2. The number of hydrogen-bond acceptors (Lipinski definition) is 6. The first kappa shape index (κ1) is 21.1. The summed E-state index contributed by atoms with van der Waals surface area (Å²) in [6.07, 6.45) is 1.70. The van der Waals surface area contributed by atoms with Gasteiger partial charge in [0.15, 0.2) is 23.2 Å². The third kappa shape index (κ3) is 4.78. The Kier molecular flexibility index (Phi) is 6.34. The van der Waals surface area contributed by atoms with Crippen molar-refractivity contribution < 1.29 is 14.3 Å². The Morgan fingerprint density at radius 1 is 1.13 bits per heavy atom. The Bertz CT molecular complexity index is 1210. The van der Waals surface area contributed by atoms with Gasteiger partial charge < -0.3 is 9.47 Å². The molecule has 4 aromatic rings. The molecule has 31 heavy (non-hydrogen) atoms. The van der Waals surface area contributed by atoms with E-state index < -0.39 is 0 Å². The standard InChI is InChI=1S/C23H20ClN3O3S/c1-15-11-16(24)12-20-22(15)26-23(31-20)27(13-17-7-5-6-10-25-17)21(28)14-30-19-9-4-3-8-18(19)29-2/h3-12H,13-14H2,1-2H3. The number of benzene rings is 2. The second-order valence-corrected chi connectivity index (χ2v) is 8.25. The van der Waals surface area contributed by atoms with Gasteiger partial charge in [0.2, 0.25) is 0 Å². The van der Waals surface area contributed by atoms with Crippen LogP contribution in [0.3, 0.4) is 0 Å². The Morgan fingerprint density at radius 3 is 2.65 bits per heavy atom. The molecule has 0 bridgehead atoms. The van der Waals surface area contributed by atoms with Gasteiger partial charge in [0.1, 0.15) is 0 Å². The van der Waals surface area contributed by atoms with Crippen LogP contribution < -0.4 is 14.4 Å². The van der Waals surface area contributed by atoms with E-state index in [1.54, 1.807) is 30.3 Å². The third-order valence-electron chi connectivity index (χ3n) is 4.64. The number of carbonyl (C=O) groups is 1. The quantitative estimate of drug-likeness (QED) is 0.381. The fourth-order valence-electron chi connectivity index (χ4n) is 3.13. The largest absolute Gasteiger partial charge is 0.493 e. The van der Waals surface area contributed by atoms with Gasteiger partial charge in [0.25, 0.3) is 5.91 Å². The first-order valence-corrected chi connectivity index (χ1v) is 10.8. The number of pyridine rings is 1. The molecule has 0 unspecified atom stereocenters. The average molecular weight is 454 g/mol. The molecule has 8 heteroatoms. The maximum absolute atomic E-state index is 13.2. The van der Waals surface area contributed by atoms with Gasteiger partial charge in [0.05, 0.1) is 29.6 Å². The number of ether oxygens (including phenoxy) is 2. The van der Waals surface area contributed by atoms with Gasteiger partial charge in [-0.3, -0.25) is 14.7 Å². The lowest BCUT2D eigenvalue weighted by atomic mass is 10.2. The van der Waals surface area contributed by atoms with E-state index in [-0.39, 0.29) is 19.1 Å². The summed E-state index contributed by atoms with van der Waals surface area (Å²) >= 11 is 7.62. The molecule has 6 nitrogen and oxygen atoms in total. The predicted octanol–water partition coefficient (Wildman–Crippen LogP) is 5.27. The summed E-state index contributed by atoms with van der Waals surface area (Å²) in [5.74, 6) is 0.833. The number of aromatic nitrogens is 2. The van der Waals surface area contributed by atoms with Gasteiger partial charge in [0, 0.05) is 11.2 Å². The Balaban J connectivity index is 1.64. The van der Waals surface area contributed by atoms with Crippen LogP contribution in [0.25, 0.3) is 10.2 Å². The minimum absolute atomic E-state index is 0.164. The molecule has 4 rings (SSSR count). The number of amides is 1. The average Bonchev–Trinajstić information content (AvgIpc) is 3.20. The lowest BCUT2D eigenvalue weighted by Crippen LogP contribution is -2.34. The van der Waals surface area contributed by atoms with Gasteiger partial charge in [-0.1, -0.05) is 41.1 Å². The number of carbonyl (C=O) groups excluding carboxylic acids is 1. The summed E-state index contributed by atoms with van der Waals surface area (Å²) in [6.45, 7) is 2.07. The second kappa shape index (κ2) is 9.32. The molecule has 0 aliphatic rings. The molecule has 2 heterocycles. The van der Waals surface area contributed by atoms with Crippen molar-refractivity contribution in [2.75, 3.05) is 18.6 Å². The van der Waals surface area contributed by atoms with Gasteiger partial charge in [-0.05, 0) is 48.9 Å². The van der Waals surface area contributed by atoms with E-state index in [1.807, 2.05) is 49.4 Å². The van der Waals surface area contributed by atoms with Crippen molar-refractivity contribution in [1.82, 2.24) is 9.97 Å². The molecule has 0 aliphatic heterocycles. The van der Waals surface area contributed by atoms with Crippen LogP contribution in [0.15, 0.2) is 60.8 Å². The first-order chi connectivity index (χ1) is 15.0. The summed E-state index contributed by atoms with van der Waals surface area (Å²) in [5.41, 5.74) is 2.54. The van der Waals surface area contributed by atoms with Crippen molar-refractivity contribution in [3.05, 3.63) is 77.1 Å². The molecule has 1 amide bonds. The molecule has 0 atom stereocenters. The molecule has 0 saturated carbocycles. The van der Waals surface area contributed by atoms with Gasteiger partial charge in [-0.15, -0.1) is 0 Å². The molecule has 0 aliphatic carbocycles. The van der Waals surface area contributed by atoms with E-state index in [0.717, 1.165) is 21.5 Å². The summed E-state index contributed by atoms with van der Waals surface area (Å²) in [5, 5.41) is 1.21. The van der Waals surface area contributed by atoms with E-state index in [1.165, 1.54) is 11.3 Å². The number of para-hydroxylation sites is 2. The zero-order chi connectivity index (χ0) is 21.8. The van der Waals surface area contributed by atoms with E-state index in [9.17, 15) is 4.79 Å². The van der Waals surface area contributed by atoms with E-state index in [4.69, 9.17) is 26.1 Å². The summed E-state index contributed by atoms with van der Waals surface area (Å²) in [4.78, 5) is 23.9. The molecule has 2 aromatic carbocycles. The number of halogens is 1. The molecular formula is C23H20ClN3O3S. The highest BCUT2D eigenvalue weighted by Gasteiger charge is 2.22. The highest BCUT2D eigenvalue weighted by Crippen LogP contribution is 2.34. The van der Waals surface area contributed by atoms with Crippen LogP contribution in [-0.4, -0.2) is 29.6 Å². The van der Waals surface area contributed by atoms with Crippen molar-refractivity contribution in [2.24, 2.45) is 0 Å². The molecular weight excluding hydrogens is 434 g/mol. The lowest BCUT2D eigenvalue weighted by Gasteiger charge is -2.20. The zero-order valence-corrected chi connectivity index (χ0v) is 18.6. The van der Waals surface area contributed by atoms with Crippen LogP contribution in [0.4, 0.5) is 5.13 Å². The molecule has 0 N–H and O–H groups in total. The third-order valence-corrected chi connectivity index (χ3v) is 5.88. The minimum Gasteiger partial charge on any atom is -0.493 e. The van der Waals surface area contributed by atoms with Crippen LogP contribution in [-0.2, 0) is 11.3 Å². The number of rotatable bonds is 7. The van der Waals surface area contributed by atoms with Crippen LogP contribution in [0, 0.1) is 6.92 Å². The smallest absolute Gasteiger partial charge is 0.267 e. The molecule has 0 spiro atoms. The maximum Gasteiger partial charge on any atom is 0.267 e. The van der Waals surface area contributed by atoms with Crippen molar-refractivity contribution in [2.45, 2.75) is 13.5 Å². The Labute approximate surface area is 189 Å². The number of thiazole rings is 1. The summed E-state index contributed by atoms with van der Waals surface area (Å²) in [6, 6.07) is 16.5. The number of fused-ring (bicyclic) bond motifs is 1. The minimum atomic E-state index is -0.237. The summed E-state index contributed by atoms with van der Waals surface area (Å²) < 4.78 is 12.0. The molecule has 0 radical (unpaired) electrons. The lowest BCUT2D eigenvalue weighted by molar-refractivity contribution is -0.120. The van der Waals surface area contributed by atoms with E-state index >= 15 is 0 Å². The Morgan fingerprint density at radius 2 is 1.90 bits per heavy atom. The zero-order valence-electron chi connectivity index (χ0n) is 17.0. The number of aryl methyl sites for hydroxylation is 1. The second-order valence-electron chi connectivity index (χ2n) is 6.81. The van der Waals surface area contributed by atoms with Crippen LogP contribution in [0.5, 0.6) is 11.5 Å². The number of nitrogens with zero attached hydrogens (tertiary/aromatic N) is 3. The van der Waals surface area contributed by atoms with Crippen molar-refractivity contribution in [3.63, 3.8) is 0 Å². The monoisotopic (exact) mass is 453 g/mol. The number of methoxy groups -OCH3 is 1. The van der Waals surface area contributed by atoms with Crippen molar-refractivity contribution in [3.8, 4) is 11.5 Å². The van der Waals surface area contributed by atoms with Gasteiger partial charge >= 0.3 is 0 Å². The van der Waals surface area contributed by atoms with Gasteiger partial charge in [-0.2, -0.15) is 0 Å². The first-order valence-electron chi connectivity index (χ1n) is 9.58. The normalized spacial score (nSPS) is 10.8. The van der Waals surface area contributed by atoms with E-state index in [0.29, 0.717) is 21.7 Å². The van der Waals surface area contributed by atoms with Crippen molar-refractivity contribution in [1.29, 1.82) is 0 Å². The number of hydrogen-bond donors (Lipinski definition) is 0. The topological polar surface area (TPSA) is 64.6 Å². The van der Waals surface area contributed by atoms with E-state index in [2.05, 4.69) is 4.98 Å². The SMILES string of the molecule is COc1ccccc1OCC(=O)N(Cc1ccccn1)c1nc2c(C)cc(Cl)cc2s1.